The molecule has 12 heteroatoms. The average molecular weight is 662 g/mol. The number of rotatable bonds is 8. The largest absolute Gasteiger partial charge is 0.465 e. The van der Waals surface area contributed by atoms with Gasteiger partial charge < -0.3 is 14.5 Å². The second-order valence-corrected chi connectivity index (χ2v) is 15.0. The normalized spacial score (nSPS) is 14.6. The van der Waals surface area contributed by atoms with Crippen LogP contribution in [0.2, 0.25) is 0 Å². The summed E-state index contributed by atoms with van der Waals surface area (Å²) in [4.78, 5) is 25.4. The fraction of sp³-hybridized carbons (Fsp3) is 0.400. The van der Waals surface area contributed by atoms with Crippen LogP contribution in [0.4, 0.5) is 16.3 Å². The van der Waals surface area contributed by atoms with Crippen LogP contribution in [0.3, 0.4) is 0 Å². The fourth-order valence-electron chi connectivity index (χ4n) is 5.90. The van der Waals surface area contributed by atoms with Crippen molar-refractivity contribution < 1.29 is 27.2 Å². The molecular weight excluding hydrogens is 618 g/mol. The minimum Gasteiger partial charge on any atom is -0.465 e. The highest BCUT2D eigenvalue weighted by Crippen LogP contribution is 2.33. The van der Waals surface area contributed by atoms with Gasteiger partial charge in [0.05, 0.1) is 18.5 Å². The molecule has 0 spiro atoms. The number of carbonyl (C=O) groups is 2. The fourth-order valence-corrected chi connectivity index (χ4v) is 7.74. The summed E-state index contributed by atoms with van der Waals surface area (Å²) in [6.45, 7) is 12.0. The van der Waals surface area contributed by atoms with Gasteiger partial charge in [0.2, 0.25) is 10.0 Å². The van der Waals surface area contributed by atoms with Gasteiger partial charge in [-0.05, 0) is 75.8 Å². The molecule has 0 saturated carbocycles. The SMILES string of the molecule is COC(=O)c1c(C)oc(C)c1S(=O)(=O)N1CCC(Cc2cccc(NC(=O)Nc3cc(C(C)(C)C)nn3-c3ccc(C)cc3)c2)CC1. The quantitative estimate of drug-likeness (QED) is 0.199. The Kier molecular flexibility index (Phi) is 9.65. The number of nitrogens with one attached hydrogen (secondary N) is 2. The molecule has 1 aliphatic heterocycles. The number of aromatic nitrogens is 2. The van der Waals surface area contributed by atoms with Crippen LogP contribution in [0.25, 0.3) is 5.69 Å². The Morgan fingerprint density at radius 1 is 0.979 bits per heavy atom. The zero-order valence-electron chi connectivity index (χ0n) is 28.0. The molecule has 4 aromatic rings. The number of hydrogen-bond acceptors (Lipinski definition) is 7. The van der Waals surface area contributed by atoms with Crippen LogP contribution >= 0.6 is 0 Å². The highest BCUT2D eigenvalue weighted by Gasteiger charge is 2.37. The maximum absolute atomic E-state index is 13.6. The number of nitrogens with zero attached hydrogens (tertiary/aromatic N) is 3. The van der Waals surface area contributed by atoms with Gasteiger partial charge in [0, 0.05) is 30.3 Å². The van der Waals surface area contributed by atoms with Crippen LogP contribution in [0.1, 0.15) is 72.3 Å². The lowest BCUT2D eigenvalue weighted by Crippen LogP contribution is -2.39. The molecule has 2 amide bonds. The smallest absolute Gasteiger partial charge is 0.342 e. The van der Waals surface area contributed by atoms with Gasteiger partial charge in [-0.15, -0.1) is 0 Å². The Labute approximate surface area is 276 Å². The van der Waals surface area contributed by atoms with Crippen molar-refractivity contribution in [3.8, 4) is 5.69 Å². The Balaban J connectivity index is 1.23. The Morgan fingerprint density at radius 2 is 1.66 bits per heavy atom. The third-order valence-electron chi connectivity index (χ3n) is 8.47. The summed E-state index contributed by atoms with van der Waals surface area (Å²) < 4.78 is 40.7. The molecule has 0 atom stereocenters. The molecule has 2 N–H and O–H groups in total. The molecule has 0 unspecified atom stereocenters. The maximum atomic E-state index is 13.6. The number of furan rings is 1. The molecule has 3 heterocycles. The van der Waals surface area contributed by atoms with Crippen molar-refractivity contribution in [1.29, 1.82) is 0 Å². The minimum atomic E-state index is -3.95. The number of methoxy groups -OCH3 is 1. The summed E-state index contributed by atoms with van der Waals surface area (Å²) in [6.07, 6.45) is 2.04. The molecule has 2 aromatic carbocycles. The third kappa shape index (κ3) is 7.44. The molecule has 5 rings (SSSR count). The van der Waals surface area contributed by atoms with E-state index in [2.05, 4.69) is 31.4 Å². The highest BCUT2D eigenvalue weighted by molar-refractivity contribution is 7.89. The first-order valence-corrected chi connectivity index (χ1v) is 17.1. The van der Waals surface area contributed by atoms with Crippen molar-refractivity contribution in [1.82, 2.24) is 14.1 Å². The molecule has 1 fully saturated rings. The first-order valence-electron chi connectivity index (χ1n) is 15.7. The number of aryl methyl sites for hydroxylation is 3. The van der Waals surface area contributed by atoms with E-state index in [-0.39, 0.29) is 39.3 Å². The summed E-state index contributed by atoms with van der Waals surface area (Å²) in [5.41, 5.74) is 4.27. The lowest BCUT2D eigenvalue weighted by atomic mass is 9.91. The summed E-state index contributed by atoms with van der Waals surface area (Å²) in [5.74, 6) is 0.469. The van der Waals surface area contributed by atoms with Gasteiger partial charge in [0.15, 0.2) is 0 Å². The molecule has 0 aliphatic carbocycles. The molecular formula is C35H43N5O6S. The number of piperidine rings is 1. The molecule has 1 aliphatic rings. The molecule has 2 aromatic heterocycles. The van der Waals surface area contributed by atoms with Gasteiger partial charge in [-0.1, -0.05) is 50.6 Å². The number of carbonyl (C=O) groups excluding carboxylic acids is 2. The van der Waals surface area contributed by atoms with E-state index >= 15 is 0 Å². The van der Waals surface area contributed by atoms with Crippen molar-refractivity contribution in [2.45, 2.75) is 71.1 Å². The van der Waals surface area contributed by atoms with E-state index in [1.54, 1.807) is 18.5 Å². The number of sulfonamides is 1. The number of benzene rings is 2. The van der Waals surface area contributed by atoms with Crippen molar-refractivity contribution in [2.75, 3.05) is 30.8 Å². The third-order valence-corrected chi connectivity index (χ3v) is 10.5. The van der Waals surface area contributed by atoms with E-state index in [1.807, 2.05) is 61.5 Å². The van der Waals surface area contributed by atoms with Crippen molar-refractivity contribution in [3.05, 3.63) is 88.5 Å². The topological polar surface area (TPSA) is 136 Å². The zero-order chi connectivity index (χ0) is 34.1. The molecule has 11 nitrogen and oxygen atoms in total. The van der Waals surface area contributed by atoms with Crippen molar-refractivity contribution >= 4 is 33.5 Å². The monoisotopic (exact) mass is 661 g/mol. The van der Waals surface area contributed by atoms with Crippen LogP contribution in [0.5, 0.6) is 0 Å². The lowest BCUT2D eigenvalue weighted by Gasteiger charge is -2.31. The highest BCUT2D eigenvalue weighted by atomic mass is 32.2. The van der Waals surface area contributed by atoms with Gasteiger partial charge in [0.25, 0.3) is 0 Å². The Morgan fingerprint density at radius 3 is 2.30 bits per heavy atom. The minimum absolute atomic E-state index is 0.0466. The number of esters is 1. The van der Waals surface area contributed by atoms with Crippen molar-refractivity contribution in [2.24, 2.45) is 5.92 Å². The van der Waals surface area contributed by atoms with Crippen LogP contribution in [-0.4, -0.2) is 54.7 Å². The van der Waals surface area contributed by atoms with Gasteiger partial charge >= 0.3 is 12.0 Å². The second-order valence-electron chi connectivity index (χ2n) is 13.2. The van der Waals surface area contributed by atoms with Crippen LogP contribution in [0, 0.1) is 26.7 Å². The van der Waals surface area contributed by atoms with Gasteiger partial charge in [-0.25, -0.2) is 22.7 Å². The molecule has 0 radical (unpaired) electrons. The van der Waals surface area contributed by atoms with Gasteiger partial charge in [0.1, 0.15) is 27.8 Å². The molecule has 0 bridgehead atoms. The molecule has 250 valence electrons. The summed E-state index contributed by atoms with van der Waals surface area (Å²) >= 11 is 0. The number of amides is 2. The summed E-state index contributed by atoms with van der Waals surface area (Å²) in [7, 11) is -2.74. The van der Waals surface area contributed by atoms with E-state index in [0.717, 1.165) is 28.9 Å². The number of anilines is 2. The first-order chi connectivity index (χ1) is 22.2. The van der Waals surface area contributed by atoms with Gasteiger partial charge in [-0.3, -0.25) is 5.32 Å². The van der Waals surface area contributed by atoms with Crippen molar-refractivity contribution in [3.63, 3.8) is 0 Å². The Hall–Kier alpha value is -4.42. The number of ether oxygens (including phenoxy) is 1. The predicted molar refractivity (Wildman–Crippen MR) is 181 cm³/mol. The summed E-state index contributed by atoms with van der Waals surface area (Å²) in [5, 5.41) is 10.7. The lowest BCUT2D eigenvalue weighted by molar-refractivity contribution is 0.0594. The average Bonchev–Trinajstić information content (AvgIpc) is 3.57. The van der Waals surface area contributed by atoms with E-state index in [9.17, 15) is 18.0 Å². The molecule has 1 saturated heterocycles. The van der Waals surface area contributed by atoms with Crippen LogP contribution in [-0.2, 0) is 26.6 Å². The number of urea groups is 1. The van der Waals surface area contributed by atoms with Gasteiger partial charge in [-0.2, -0.15) is 9.40 Å². The predicted octanol–water partition coefficient (Wildman–Crippen LogP) is 6.76. The Bertz CT molecular complexity index is 1880. The maximum Gasteiger partial charge on any atom is 0.342 e. The van der Waals surface area contributed by atoms with E-state index in [1.165, 1.54) is 11.4 Å². The van der Waals surface area contributed by atoms with E-state index in [4.69, 9.17) is 14.3 Å². The van der Waals surface area contributed by atoms with Crippen LogP contribution < -0.4 is 10.6 Å². The number of hydrogen-bond donors (Lipinski definition) is 2. The standard InChI is InChI=1S/C35H43N5O6S/c1-22-11-13-28(14-12-22)40-30(21-29(38-40)35(4,5)6)37-34(42)36-27-10-8-9-26(20-27)19-25-15-17-39(18-16-25)47(43,44)32-24(3)46-23(2)31(32)33(41)45-7/h8-14,20-21,25H,15-19H2,1-7H3,(H2,36,37,42). The summed E-state index contributed by atoms with van der Waals surface area (Å²) in [6, 6.07) is 17.2. The zero-order valence-corrected chi connectivity index (χ0v) is 28.8. The first kappa shape index (κ1) is 33.9. The second kappa shape index (κ2) is 13.4. The van der Waals surface area contributed by atoms with E-state index < -0.39 is 16.0 Å². The van der Waals surface area contributed by atoms with Crippen LogP contribution in [0.15, 0.2) is 63.9 Å². The molecule has 47 heavy (non-hydrogen) atoms. The van der Waals surface area contributed by atoms with E-state index in [0.29, 0.717) is 37.4 Å².